The SMILES string of the molecule is CC1(C(=O)O)CCN(c2cccc(S(=O)(=O)Nc3ccc(C(F)(F)F)c(-c4ccccc4-c4ccncc4)n3)n2)CC1. The third-order valence-electron chi connectivity index (χ3n) is 7.30. The normalized spacial score (nSPS) is 15.3. The van der Waals surface area contributed by atoms with Gasteiger partial charge in [0.2, 0.25) is 0 Å². The zero-order valence-electron chi connectivity index (χ0n) is 22.3. The van der Waals surface area contributed by atoms with Crippen LogP contribution in [0.15, 0.2) is 84.1 Å². The van der Waals surface area contributed by atoms with Gasteiger partial charge in [0, 0.05) is 31.0 Å². The van der Waals surface area contributed by atoms with E-state index in [0.29, 0.717) is 42.9 Å². The van der Waals surface area contributed by atoms with Crippen molar-refractivity contribution in [2.75, 3.05) is 22.7 Å². The number of aliphatic carboxylic acids is 1. The van der Waals surface area contributed by atoms with Gasteiger partial charge in [-0.25, -0.2) is 9.97 Å². The molecule has 0 radical (unpaired) electrons. The lowest BCUT2D eigenvalue weighted by molar-refractivity contribution is -0.149. The number of alkyl halides is 3. The average Bonchev–Trinajstić information content (AvgIpc) is 2.97. The van der Waals surface area contributed by atoms with Crippen LogP contribution in [-0.2, 0) is 21.0 Å². The number of nitrogens with one attached hydrogen (secondary N) is 1. The predicted octanol–water partition coefficient (Wildman–Crippen LogP) is 5.72. The average molecular weight is 598 g/mol. The highest BCUT2D eigenvalue weighted by Crippen LogP contribution is 2.40. The number of rotatable bonds is 7. The predicted molar refractivity (Wildman–Crippen MR) is 150 cm³/mol. The van der Waals surface area contributed by atoms with Gasteiger partial charge in [-0.3, -0.25) is 14.5 Å². The number of halogens is 3. The maximum atomic E-state index is 14.1. The zero-order chi connectivity index (χ0) is 30.1. The Morgan fingerprint density at radius 1 is 0.929 bits per heavy atom. The van der Waals surface area contributed by atoms with Gasteiger partial charge in [-0.2, -0.15) is 21.6 Å². The topological polar surface area (TPSA) is 125 Å². The number of hydrogen-bond acceptors (Lipinski definition) is 7. The van der Waals surface area contributed by atoms with Crippen molar-refractivity contribution in [3.63, 3.8) is 0 Å². The highest BCUT2D eigenvalue weighted by molar-refractivity contribution is 7.92. The summed E-state index contributed by atoms with van der Waals surface area (Å²) < 4.78 is 71.1. The number of carboxylic acid groups (broad SMARTS) is 1. The van der Waals surface area contributed by atoms with Crippen LogP contribution in [0.2, 0.25) is 0 Å². The highest BCUT2D eigenvalue weighted by atomic mass is 32.2. The molecule has 3 aromatic heterocycles. The molecule has 0 spiro atoms. The lowest BCUT2D eigenvalue weighted by atomic mass is 9.80. The molecule has 1 aromatic carbocycles. The summed E-state index contributed by atoms with van der Waals surface area (Å²) in [6, 6.07) is 15.8. The number of carbonyl (C=O) groups is 1. The number of aromatic nitrogens is 3. The van der Waals surface area contributed by atoms with E-state index in [4.69, 9.17) is 0 Å². The first-order chi connectivity index (χ1) is 19.9. The molecule has 1 fully saturated rings. The molecule has 4 heterocycles. The largest absolute Gasteiger partial charge is 0.481 e. The minimum absolute atomic E-state index is 0.163. The number of piperidine rings is 1. The molecule has 4 aromatic rings. The Balaban J connectivity index is 1.48. The van der Waals surface area contributed by atoms with Crippen LogP contribution in [0.4, 0.5) is 24.8 Å². The van der Waals surface area contributed by atoms with E-state index in [2.05, 4.69) is 19.7 Å². The molecule has 42 heavy (non-hydrogen) atoms. The number of hydrogen-bond donors (Lipinski definition) is 2. The van der Waals surface area contributed by atoms with Gasteiger partial charge in [-0.15, -0.1) is 0 Å². The minimum Gasteiger partial charge on any atom is -0.481 e. The summed E-state index contributed by atoms with van der Waals surface area (Å²) in [4.78, 5) is 25.7. The molecule has 5 rings (SSSR count). The Kier molecular flexibility index (Phi) is 7.62. The molecule has 0 bridgehead atoms. The molecular weight excluding hydrogens is 571 g/mol. The van der Waals surface area contributed by atoms with Crippen LogP contribution in [0.5, 0.6) is 0 Å². The fourth-order valence-electron chi connectivity index (χ4n) is 4.79. The lowest BCUT2D eigenvalue weighted by Crippen LogP contribution is -2.43. The van der Waals surface area contributed by atoms with Crippen LogP contribution in [0, 0.1) is 5.41 Å². The van der Waals surface area contributed by atoms with E-state index in [1.165, 1.54) is 30.6 Å². The van der Waals surface area contributed by atoms with E-state index in [1.54, 1.807) is 48.2 Å². The molecule has 1 saturated heterocycles. The van der Waals surface area contributed by atoms with Crippen molar-refractivity contribution >= 4 is 27.6 Å². The fraction of sp³-hybridized carbons (Fsp3) is 0.241. The minimum atomic E-state index is -4.76. The van der Waals surface area contributed by atoms with Crippen LogP contribution in [0.3, 0.4) is 0 Å². The van der Waals surface area contributed by atoms with Gasteiger partial charge >= 0.3 is 12.1 Å². The van der Waals surface area contributed by atoms with Gasteiger partial charge in [0.05, 0.1) is 16.7 Å². The molecule has 2 N–H and O–H groups in total. The fourth-order valence-corrected chi connectivity index (χ4v) is 5.75. The van der Waals surface area contributed by atoms with Crippen LogP contribution in [-0.4, -0.2) is 47.5 Å². The van der Waals surface area contributed by atoms with Crippen LogP contribution >= 0.6 is 0 Å². The van der Waals surface area contributed by atoms with E-state index < -0.39 is 38.8 Å². The summed E-state index contributed by atoms with van der Waals surface area (Å²) in [6.45, 7) is 2.41. The first kappa shape index (κ1) is 29.0. The summed E-state index contributed by atoms with van der Waals surface area (Å²) in [5.74, 6) is -0.856. The highest BCUT2D eigenvalue weighted by Gasteiger charge is 2.38. The molecule has 9 nitrogen and oxygen atoms in total. The number of sulfonamides is 1. The van der Waals surface area contributed by atoms with E-state index in [9.17, 15) is 31.5 Å². The standard InChI is InChI=1S/C29H26F3N5O4S/c1-28(27(38)39)13-17-37(18-14-28)24-7-4-8-25(35-24)42(40,41)36-23-10-9-22(29(30,31)32)26(34-23)21-6-3-2-5-20(21)19-11-15-33-16-12-19/h2-12,15-16H,13-14,17-18H2,1H3,(H,34,36)(H,38,39). The van der Waals surface area contributed by atoms with Crippen molar-refractivity contribution in [1.29, 1.82) is 0 Å². The Hall–Kier alpha value is -4.52. The second kappa shape index (κ2) is 11.0. The number of anilines is 2. The quantitative estimate of drug-likeness (QED) is 0.277. The summed E-state index contributed by atoms with van der Waals surface area (Å²) in [6.07, 6.45) is -1.00. The summed E-state index contributed by atoms with van der Waals surface area (Å²) >= 11 is 0. The van der Waals surface area contributed by atoms with Crippen molar-refractivity contribution in [3.8, 4) is 22.4 Å². The van der Waals surface area contributed by atoms with Crippen molar-refractivity contribution in [3.05, 3.63) is 84.7 Å². The molecule has 1 aliphatic heterocycles. The van der Waals surface area contributed by atoms with Crippen LogP contribution in [0.25, 0.3) is 22.4 Å². The Labute approximate surface area is 240 Å². The smallest absolute Gasteiger partial charge is 0.418 e. The summed E-state index contributed by atoms with van der Waals surface area (Å²) in [7, 11) is -4.35. The van der Waals surface area contributed by atoms with Gasteiger partial charge in [0.1, 0.15) is 11.6 Å². The molecule has 0 saturated carbocycles. The molecule has 1 aliphatic rings. The Morgan fingerprint density at radius 3 is 2.24 bits per heavy atom. The third-order valence-corrected chi connectivity index (χ3v) is 8.56. The zero-order valence-corrected chi connectivity index (χ0v) is 23.2. The first-order valence-corrected chi connectivity index (χ1v) is 14.4. The summed E-state index contributed by atoms with van der Waals surface area (Å²) in [5.41, 5.74) is -1.09. The second-order valence-corrected chi connectivity index (χ2v) is 11.8. The monoisotopic (exact) mass is 597 g/mol. The Morgan fingerprint density at radius 2 is 1.60 bits per heavy atom. The van der Waals surface area contributed by atoms with Crippen molar-refractivity contribution in [2.45, 2.75) is 31.0 Å². The molecular formula is C29H26F3N5O4S. The maximum Gasteiger partial charge on any atom is 0.418 e. The van der Waals surface area contributed by atoms with E-state index in [1.807, 2.05) is 0 Å². The molecule has 0 aliphatic carbocycles. The van der Waals surface area contributed by atoms with Crippen molar-refractivity contribution < 1.29 is 31.5 Å². The van der Waals surface area contributed by atoms with Gasteiger partial charge in [0.15, 0.2) is 5.03 Å². The van der Waals surface area contributed by atoms with Gasteiger partial charge < -0.3 is 10.0 Å². The number of carboxylic acids is 1. The third kappa shape index (κ3) is 5.91. The molecule has 0 unspecified atom stereocenters. The summed E-state index contributed by atoms with van der Waals surface area (Å²) in [5, 5.41) is 9.13. The molecule has 0 atom stereocenters. The van der Waals surface area contributed by atoms with Crippen molar-refractivity contribution in [1.82, 2.24) is 15.0 Å². The van der Waals surface area contributed by atoms with Crippen LogP contribution < -0.4 is 9.62 Å². The van der Waals surface area contributed by atoms with E-state index in [0.717, 1.165) is 12.1 Å². The number of nitrogens with zero attached hydrogens (tertiary/aromatic N) is 4. The lowest BCUT2D eigenvalue weighted by Gasteiger charge is -2.37. The molecule has 218 valence electrons. The van der Waals surface area contributed by atoms with Gasteiger partial charge in [-0.1, -0.05) is 30.3 Å². The number of benzene rings is 1. The van der Waals surface area contributed by atoms with Crippen LogP contribution in [0.1, 0.15) is 25.3 Å². The molecule has 13 heteroatoms. The Bertz CT molecular complexity index is 1720. The van der Waals surface area contributed by atoms with Gasteiger partial charge in [-0.05, 0) is 67.3 Å². The second-order valence-electron chi connectivity index (χ2n) is 10.2. The molecule has 0 amide bonds. The maximum absolute atomic E-state index is 14.1. The van der Waals surface area contributed by atoms with E-state index in [-0.39, 0.29) is 16.4 Å². The van der Waals surface area contributed by atoms with Crippen molar-refractivity contribution in [2.24, 2.45) is 5.41 Å². The van der Waals surface area contributed by atoms with E-state index >= 15 is 0 Å². The van der Waals surface area contributed by atoms with Gasteiger partial charge in [0.25, 0.3) is 10.0 Å². The number of pyridine rings is 3. The first-order valence-electron chi connectivity index (χ1n) is 12.9.